The molecule has 4 heteroatoms. The van der Waals surface area contributed by atoms with Crippen molar-refractivity contribution in [3.8, 4) is 0 Å². The predicted molar refractivity (Wildman–Crippen MR) is 68.5 cm³/mol. The molecule has 0 spiro atoms. The highest BCUT2D eigenvalue weighted by Gasteiger charge is 2.06. The molecular weight excluding hydrogens is 317 g/mol. The van der Waals surface area contributed by atoms with Crippen molar-refractivity contribution in [2.24, 2.45) is 0 Å². The van der Waals surface area contributed by atoms with Gasteiger partial charge in [0.25, 0.3) is 0 Å². The lowest BCUT2D eigenvalue weighted by Crippen LogP contribution is -1.91. The van der Waals surface area contributed by atoms with Crippen molar-refractivity contribution < 1.29 is 0 Å². The van der Waals surface area contributed by atoms with Crippen molar-refractivity contribution in [1.82, 2.24) is 0 Å². The summed E-state index contributed by atoms with van der Waals surface area (Å²) < 4.78 is 2.49. The molecule has 1 aromatic heterocycles. The second-order valence-electron chi connectivity index (χ2n) is 2.73. The number of halogens is 2. The molecule has 0 atom stereocenters. The van der Waals surface area contributed by atoms with Gasteiger partial charge >= 0.3 is 0 Å². The molecule has 0 unspecified atom stereocenters. The Morgan fingerprint density at radius 1 is 1.46 bits per heavy atom. The van der Waals surface area contributed by atoms with Crippen molar-refractivity contribution >= 4 is 61.3 Å². The summed E-state index contributed by atoms with van der Waals surface area (Å²) in [7, 11) is 0. The molecule has 68 valence electrons. The van der Waals surface area contributed by atoms with Crippen LogP contribution in [0.15, 0.2) is 18.2 Å². The number of hydrogen-bond donors (Lipinski definition) is 1. The monoisotopic (exact) mass is 323 g/mol. The Hall–Kier alpha value is -0.000000000000000111. The highest BCUT2D eigenvalue weighted by Crippen LogP contribution is 2.33. The van der Waals surface area contributed by atoms with Crippen molar-refractivity contribution in [2.45, 2.75) is 5.88 Å². The van der Waals surface area contributed by atoms with E-state index in [0.717, 1.165) is 16.6 Å². The van der Waals surface area contributed by atoms with Crippen LogP contribution in [-0.2, 0) is 5.88 Å². The van der Waals surface area contributed by atoms with Crippen LogP contribution in [0.25, 0.3) is 10.1 Å². The van der Waals surface area contributed by atoms with Crippen LogP contribution in [0.3, 0.4) is 0 Å². The lowest BCUT2D eigenvalue weighted by molar-refractivity contribution is 1.43. The fourth-order valence-corrected chi connectivity index (χ4v) is 3.32. The van der Waals surface area contributed by atoms with Crippen LogP contribution in [0.1, 0.15) is 5.56 Å². The molecule has 0 radical (unpaired) electrons. The molecule has 1 aromatic carbocycles. The Labute approximate surface area is 99.0 Å². The fraction of sp³-hybridized carbons (Fsp3) is 0.111. The van der Waals surface area contributed by atoms with Crippen LogP contribution in [0.4, 0.5) is 5.69 Å². The lowest BCUT2D eigenvalue weighted by atomic mass is 10.1. The van der Waals surface area contributed by atoms with Gasteiger partial charge in [-0.25, -0.2) is 0 Å². The molecule has 1 heterocycles. The maximum absolute atomic E-state index is 5.96. The van der Waals surface area contributed by atoms with Crippen LogP contribution in [0, 0.1) is 2.88 Å². The number of rotatable bonds is 1. The maximum Gasteiger partial charge on any atom is 0.0666 e. The Kier molecular flexibility index (Phi) is 2.67. The summed E-state index contributed by atoms with van der Waals surface area (Å²) in [4.78, 5) is 0. The molecule has 0 aliphatic heterocycles. The Bertz CT molecular complexity index is 452. The largest absolute Gasteiger partial charge is 0.398 e. The standard InChI is InChI=1S/C9H7ClINS/c10-4-5-1-2-7-6(9(5)12)3-8(11)13-7/h1-3H,4,12H2. The number of alkyl halides is 1. The molecule has 0 fully saturated rings. The van der Waals surface area contributed by atoms with Gasteiger partial charge in [0, 0.05) is 21.7 Å². The Morgan fingerprint density at radius 3 is 2.92 bits per heavy atom. The van der Waals surface area contributed by atoms with Crippen LogP contribution in [0.5, 0.6) is 0 Å². The number of benzene rings is 1. The van der Waals surface area contributed by atoms with E-state index in [4.69, 9.17) is 17.3 Å². The van der Waals surface area contributed by atoms with E-state index in [1.165, 1.54) is 7.58 Å². The summed E-state index contributed by atoms with van der Waals surface area (Å²) in [5.74, 6) is 0.480. The fourth-order valence-electron chi connectivity index (χ4n) is 1.26. The van der Waals surface area contributed by atoms with Gasteiger partial charge in [-0.3, -0.25) is 0 Å². The third-order valence-electron chi connectivity index (χ3n) is 1.95. The number of thiophene rings is 1. The Morgan fingerprint density at radius 2 is 2.23 bits per heavy atom. The zero-order chi connectivity index (χ0) is 9.42. The van der Waals surface area contributed by atoms with E-state index >= 15 is 0 Å². The van der Waals surface area contributed by atoms with Gasteiger partial charge in [0.2, 0.25) is 0 Å². The number of nitrogen functional groups attached to an aromatic ring is 1. The van der Waals surface area contributed by atoms with Gasteiger partial charge in [-0.2, -0.15) is 0 Å². The SMILES string of the molecule is Nc1c(CCl)ccc2sc(I)cc12. The lowest BCUT2D eigenvalue weighted by Gasteiger charge is -2.01. The third-order valence-corrected chi connectivity index (χ3v) is 4.10. The minimum absolute atomic E-state index is 0.480. The van der Waals surface area contributed by atoms with Gasteiger partial charge in [0.1, 0.15) is 0 Å². The first-order valence-electron chi connectivity index (χ1n) is 3.74. The zero-order valence-electron chi connectivity index (χ0n) is 6.68. The quantitative estimate of drug-likeness (QED) is 0.482. The molecular formula is C9H7ClINS. The number of nitrogens with two attached hydrogens (primary N) is 1. The van der Waals surface area contributed by atoms with Crippen molar-refractivity contribution in [3.05, 3.63) is 26.6 Å². The first-order valence-corrected chi connectivity index (χ1v) is 6.17. The number of anilines is 1. The van der Waals surface area contributed by atoms with Crippen molar-refractivity contribution in [1.29, 1.82) is 0 Å². The van der Waals surface area contributed by atoms with Gasteiger partial charge in [-0.05, 0) is 40.3 Å². The molecule has 0 saturated carbocycles. The van der Waals surface area contributed by atoms with Crippen LogP contribution >= 0.6 is 45.5 Å². The van der Waals surface area contributed by atoms with Crippen molar-refractivity contribution in [2.75, 3.05) is 5.73 Å². The van der Waals surface area contributed by atoms with Gasteiger partial charge in [0.15, 0.2) is 0 Å². The van der Waals surface area contributed by atoms with Crippen LogP contribution in [0.2, 0.25) is 0 Å². The smallest absolute Gasteiger partial charge is 0.0666 e. The van der Waals surface area contributed by atoms with E-state index in [-0.39, 0.29) is 0 Å². The molecule has 1 nitrogen and oxygen atoms in total. The summed E-state index contributed by atoms with van der Waals surface area (Å²) in [6.07, 6.45) is 0. The van der Waals surface area contributed by atoms with Crippen LogP contribution in [-0.4, -0.2) is 0 Å². The minimum Gasteiger partial charge on any atom is -0.398 e. The van der Waals surface area contributed by atoms with E-state index < -0.39 is 0 Å². The molecule has 0 amide bonds. The highest BCUT2D eigenvalue weighted by molar-refractivity contribution is 14.1. The van der Waals surface area contributed by atoms with E-state index in [1.54, 1.807) is 11.3 Å². The third kappa shape index (κ3) is 1.65. The molecule has 0 aliphatic rings. The molecule has 13 heavy (non-hydrogen) atoms. The summed E-state index contributed by atoms with van der Waals surface area (Å²) in [5, 5.41) is 1.13. The normalized spacial score (nSPS) is 10.9. The molecule has 2 N–H and O–H groups in total. The zero-order valence-corrected chi connectivity index (χ0v) is 10.4. The molecule has 2 aromatic rings. The van der Waals surface area contributed by atoms with Crippen molar-refractivity contribution in [3.63, 3.8) is 0 Å². The summed E-state index contributed by atoms with van der Waals surface area (Å²) in [5.41, 5.74) is 7.80. The van der Waals surface area contributed by atoms with Gasteiger partial charge in [0.05, 0.1) is 2.88 Å². The minimum atomic E-state index is 0.480. The average Bonchev–Trinajstić information content (AvgIpc) is 2.47. The molecule has 0 bridgehead atoms. The Balaban J connectivity index is 2.78. The first-order chi connectivity index (χ1) is 6.22. The second-order valence-corrected chi connectivity index (χ2v) is 5.98. The maximum atomic E-state index is 5.96. The molecule has 0 saturated heterocycles. The predicted octanol–water partition coefficient (Wildman–Crippen LogP) is 3.83. The first kappa shape index (κ1) is 9.55. The van der Waals surface area contributed by atoms with Gasteiger partial charge < -0.3 is 5.73 Å². The average molecular weight is 324 g/mol. The summed E-state index contributed by atoms with van der Waals surface area (Å²) in [6, 6.07) is 6.18. The van der Waals surface area contributed by atoms with Crippen LogP contribution < -0.4 is 5.73 Å². The summed E-state index contributed by atoms with van der Waals surface area (Å²) in [6.45, 7) is 0. The highest BCUT2D eigenvalue weighted by atomic mass is 127. The van der Waals surface area contributed by atoms with Gasteiger partial charge in [-0.15, -0.1) is 22.9 Å². The summed E-state index contributed by atoms with van der Waals surface area (Å²) >= 11 is 9.81. The number of hydrogen-bond acceptors (Lipinski definition) is 2. The van der Waals surface area contributed by atoms with E-state index in [2.05, 4.69) is 34.7 Å². The number of fused-ring (bicyclic) bond motifs is 1. The van der Waals surface area contributed by atoms with Gasteiger partial charge in [-0.1, -0.05) is 6.07 Å². The van der Waals surface area contributed by atoms with E-state index in [1.807, 2.05) is 6.07 Å². The molecule has 2 rings (SSSR count). The molecule has 0 aliphatic carbocycles. The van der Waals surface area contributed by atoms with E-state index in [9.17, 15) is 0 Å². The second kappa shape index (κ2) is 3.63. The van der Waals surface area contributed by atoms with E-state index in [0.29, 0.717) is 5.88 Å². The topological polar surface area (TPSA) is 26.0 Å².